The molecule has 4 aromatic rings. The van der Waals surface area contributed by atoms with Gasteiger partial charge in [-0.15, -0.1) is 0 Å². The standard InChI is InChI=1S/C32H32FN3O3/c1-35-30-14-13-26(18-27(30)20-34-35)24-11-8-22(9-12-24)21-36(32(38)25-6-4-3-5-7-25)29-17-23(16-28(33)19-29)10-15-31(37)39-2/h8-20,25H,3-7,21H2,1-2H3/b15-10+/i21D/t21-/m0/s1. The predicted octanol–water partition coefficient (Wildman–Crippen LogP) is 6.68. The highest BCUT2D eigenvalue weighted by atomic mass is 19.1. The van der Waals surface area contributed by atoms with Crippen LogP contribution in [0.1, 0.15) is 44.6 Å². The van der Waals surface area contributed by atoms with Gasteiger partial charge in [0, 0.05) is 30.1 Å². The molecule has 1 aliphatic rings. The Morgan fingerprint density at radius 1 is 1.08 bits per heavy atom. The van der Waals surface area contributed by atoms with Crippen molar-refractivity contribution >= 4 is 34.5 Å². The Bertz CT molecular complexity index is 1560. The number of amides is 1. The molecular formula is C32H32FN3O3. The van der Waals surface area contributed by atoms with E-state index < -0.39 is 18.3 Å². The van der Waals surface area contributed by atoms with Crippen LogP contribution in [0.4, 0.5) is 10.1 Å². The first kappa shape index (κ1) is 25.0. The molecule has 200 valence electrons. The number of anilines is 1. The van der Waals surface area contributed by atoms with Gasteiger partial charge >= 0.3 is 5.97 Å². The number of methoxy groups -OCH3 is 1. The van der Waals surface area contributed by atoms with Crippen LogP contribution in [0.5, 0.6) is 0 Å². The summed E-state index contributed by atoms with van der Waals surface area (Å²) < 4.78 is 30.4. The number of aromatic nitrogens is 2. The number of carbonyl (C=O) groups is 2. The van der Waals surface area contributed by atoms with Gasteiger partial charge in [-0.05, 0) is 71.5 Å². The number of fused-ring (bicyclic) bond motifs is 1. The number of ether oxygens (including phenoxy) is 1. The molecule has 5 rings (SSSR count). The second kappa shape index (κ2) is 11.6. The van der Waals surface area contributed by atoms with E-state index in [-0.39, 0.29) is 17.5 Å². The molecule has 1 fully saturated rings. The van der Waals surface area contributed by atoms with Crippen LogP contribution in [-0.4, -0.2) is 28.8 Å². The van der Waals surface area contributed by atoms with E-state index in [2.05, 4.69) is 15.9 Å². The van der Waals surface area contributed by atoms with Crippen molar-refractivity contribution in [2.75, 3.05) is 12.0 Å². The van der Waals surface area contributed by atoms with Gasteiger partial charge in [-0.3, -0.25) is 9.48 Å². The topological polar surface area (TPSA) is 64.4 Å². The molecule has 0 saturated heterocycles. The molecule has 1 atom stereocenters. The molecule has 1 saturated carbocycles. The maximum atomic E-state index is 14.8. The zero-order valence-corrected chi connectivity index (χ0v) is 22.1. The van der Waals surface area contributed by atoms with Gasteiger partial charge in [0.1, 0.15) is 5.82 Å². The molecule has 0 spiro atoms. The molecule has 6 nitrogen and oxygen atoms in total. The highest BCUT2D eigenvalue weighted by Gasteiger charge is 2.27. The SMILES string of the molecule is [2H][C@@H](c1ccc(-c2ccc3c(cnn3C)c2)cc1)N(C(=O)C1CCCCC1)c1cc(F)cc(/C=C/C(=O)OC)c1. The Labute approximate surface area is 229 Å². The number of benzene rings is 3. The number of hydrogen-bond acceptors (Lipinski definition) is 4. The monoisotopic (exact) mass is 526 g/mol. The van der Waals surface area contributed by atoms with Gasteiger partial charge in [0.05, 0.1) is 26.7 Å². The van der Waals surface area contributed by atoms with Crippen LogP contribution in [0.25, 0.3) is 28.1 Å². The number of nitrogens with zero attached hydrogens (tertiary/aromatic N) is 3. The summed E-state index contributed by atoms with van der Waals surface area (Å²) in [7, 11) is 3.17. The van der Waals surface area contributed by atoms with E-state index in [1.165, 1.54) is 36.3 Å². The highest BCUT2D eigenvalue weighted by molar-refractivity contribution is 5.95. The molecule has 0 bridgehead atoms. The number of carbonyl (C=O) groups excluding carboxylic acids is 2. The quantitative estimate of drug-likeness (QED) is 0.199. The fraction of sp³-hybridized carbons (Fsp3) is 0.281. The van der Waals surface area contributed by atoms with Crippen molar-refractivity contribution in [3.05, 3.63) is 89.9 Å². The molecule has 1 amide bonds. The third-order valence-electron chi connectivity index (χ3n) is 7.26. The van der Waals surface area contributed by atoms with Crippen LogP contribution in [0.3, 0.4) is 0 Å². The average molecular weight is 527 g/mol. The van der Waals surface area contributed by atoms with Gasteiger partial charge < -0.3 is 9.64 Å². The van der Waals surface area contributed by atoms with E-state index in [0.717, 1.165) is 54.1 Å². The van der Waals surface area contributed by atoms with Crippen LogP contribution in [0.15, 0.2) is 72.9 Å². The van der Waals surface area contributed by atoms with Crippen LogP contribution in [0.2, 0.25) is 0 Å². The largest absolute Gasteiger partial charge is 0.466 e. The molecule has 0 aliphatic heterocycles. The first-order valence-electron chi connectivity index (χ1n) is 13.8. The molecule has 1 heterocycles. The predicted molar refractivity (Wildman–Crippen MR) is 151 cm³/mol. The third-order valence-corrected chi connectivity index (χ3v) is 7.26. The summed E-state index contributed by atoms with van der Waals surface area (Å²) in [6.45, 7) is -1.08. The van der Waals surface area contributed by atoms with E-state index in [1.54, 1.807) is 6.07 Å². The van der Waals surface area contributed by atoms with Gasteiger partial charge in [0.15, 0.2) is 0 Å². The summed E-state index contributed by atoms with van der Waals surface area (Å²) in [5, 5.41) is 5.35. The average Bonchev–Trinajstić information content (AvgIpc) is 3.36. The number of rotatable bonds is 7. The van der Waals surface area contributed by atoms with E-state index in [0.29, 0.717) is 11.1 Å². The van der Waals surface area contributed by atoms with Gasteiger partial charge in [0.25, 0.3) is 0 Å². The van der Waals surface area contributed by atoms with Crippen molar-refractivity contribution in [2.45, 2.75) is 38.6 Å². The molecule has 0 unspecified atom stereocenters. The van der Waals surface area contributed by atoms with Crippen LogP contribution < -0.4 is 4.90 Å². The van der Waals surface area contributed by atoms with Gasteiger partial charge in [-0.25, -0.2) is 9.18 Å². The lowest BCUT2D eigenvalue weighted by molar-refractivity contribution is -0.134. The molecule has 1 aromatic heterocycles. The van der Waals surface area contributed by atoms with Crippen molar-refractivity contribution in [1.29, 1.82) is 0 Å². The zero-order chi connectivity index (χ0) is 28.2. The van der Waals surface area contributed by atoms with E-state index in [1.807, 2.05) is 54.3 Å². The molecule has 39 heavy (non-hydrogen) atoms. The number of hydrogen-bond donors (Lipinski definition) is 0. The van der Waals surface area contributed by atoms with Gasteiger partial charge in [-0.2, -0.15) is 5.10 Å². The first-order chi connectivity index (χ1) is 19.3. The Kier molecular flexibility index (Phi) is 7.47. The van der Waals surface area contributed by atoms with Crippen molar-refractivity contribution in [3.63, 3.8) is 0 Å². The maximum absolute atomic E-state index is 14.8. The van der Waals surface area contributed by atoms with Gasteiger partial charge in [-0.1, -0.05) is 49.6 Å². The number of aryl methyl sites for hydroxylation is 1. The third kappa shape index (κ3) is 6.08. The lowest BCUT2D eigenvalue weighted by Gasteiger charge is -2.30. The van der Waals surface area contributed by atoms with Crippen molar-refractivity contribution in [3.8, 4) is 11.1 Å². The van der Waals surface area contributed by atoms with E-state index in [9.17, 15) is 14.0 Å². The van der Waals surface area contributed by atoms with E-state index >= 15 is 0 Å². The van der Waals surface area contributed by atoms with Crippen LogP contribution >= 0.6 is 0 Å². The smallest absolute Gasteiger partial charge is 0.330 e. The summed E-state index contributed by atoms with van der Waals surface area (Å²) in [6.07, 6.45) is 8.97. The minimum Gasteiger partial charge on any atom is -0.466 e. The fourth-order valence-electron chi connectivity index (χ4n) is 5.13. The van der Waals surface area contributed by atoms with Crippen molar-refractivity contribution in [2.24, 2.45) is 13.0 Å². The fourth-order valence-corrected chi connectivity index (χ4v) is 5.13. The molecule has 7 heteroatoms. The molecule has 1 aliphatic carbocycles. The Balaban J connectivity index is 1.48. The number of esters is 1. The summed E-state index contributed by atoms with van der Waals surface area (Å²) in [4.78, 5) is 26.8. The summed E-state index contributed by atoms with van der Waals surface area (Å²) in [5.74, 6) is -1.53. The first-order valence-corrected chi connectivity index (χ1v) is 13.2. The molecule has 0 radical (unpaired) electrons. The minimum atomic E-state index is -1.08. The van der Waals surface area contributed by atoms with Crippen LogP contribution in [0, 0.1) is 11.7 Å². The van der Waals surface area contributed by atoms with Crippen molar-refractivity contribution in [1.82, 2.24) is 9.78 Å². The Hall–Kier alpha value is -4.26. The number of halogens is 1. The lowest BCUT2D eigenvalue weighted by atomic mass is 9.88. The summed E-state index contributed by atoms with van der Waals surface area (Å²) in [6, 6.07) is 17.9. The molecular weight excluding hydrogens is 493 g/mol. The minimum absolute atomic E-state index is 0.181. The molecule has 3 aromatic carbocycles. The second-order valence-electron chi connectivity index (χ2n) is 9.94. The normalized spacial score (nSPS) is 15.3. The lowest BCUT2D eigenvalue weighted by Crippen LogP contribution is -2.36. The Morgan fingerprint density at radius 3 is 2.56 bits per heavy atom. The Morgan fingerprint density at radius 2 is 1.82 bits per heavy atom. The van der Waals surface area contributed by atoms with E-state index in [4.69, 9.17) is 1.37 Å². The summed E-state index contributed by atoms with van der Waals surface area (Å²) >= 11 is 0. The maximum Gasteiger partial charge on any atom is 0.330 e. The highest BCUT2D eigenvalue weighted by Crippen LogP contribution is 2.31. The van der Waals surface area contributed by atoms with Gasteiger partial charge in [0.2, 0.25) is 5.91 Å². The molecule has 0 N–H and O–H groups in total. The zero-order valence-electron chi connectivity index (χ0n) is 23.1. The van der Waals surface area contributed by atoms with Crippen LogP contribution in [-0.2, 0) is 27.9 Å². The van der Waals surface area contributed by atoms with Crippen molar-refractivity contribution < 1.29 is 20.1 Å². The summed E-state index contributed by atoms with van der Waals surface area (Å²) in [5.41, 5.74) is 4.34. The second-order valence-corrected chi connectivity index (χ2v) is 9.94.